The average Bonchev–Trinajstić information content (AvgIpc) is 2.37. The zero-order chi connectivity index (χ0) is 15.3. The SMILES string of the molecule is Cc1cccc(N(C)C(=O)NCC(C(=O)O)C(C)C)c1. The van der Waals surface area contributed by atoms with Gasteiger partial charge < -0.3 is 10.4 Å². The first kappa shape index (κ1) is 16.0. The fraction of sp³-hybridized carbons (Fsp3) is 0.467. The van der Waals surface area contributed by atoms with Crippen LogP contribution in [-0.2, 0) is 4.79 Å². The van der Waals surface area contributed by atoms with Crippen LogP contribution in [0.3, 0.4) is 0 Å². The molecule has 1 aromatic rings. The summed E-state index contributed by atoms with van der Waals surface area (Å²) in [6.45, 7) is 5.74. The number of amides is 2. The van der Waals surface area contributed by atoms with Crippen molar-refractivity contribution in [1.82, 2.24) is 5.32 Å². The minimum absolute atomic E-state index is 0.0305. The van der Waals surface area contributed by atoms with Crippen LogP contribution in [0.5, 0.6) is 0 Å². The molecule has 2 amide bonds. The number of nitrogens with one attached hydrogen (secondary N) is 1. The first-order valence-electron chi connectivity index (χ1n) is 6.64. The van der Waals surface area contributed by atoms with Crippen LogP contribution in [0.15, 0.2) is 24.3 Å². The minimum atomic E-state index is -0.890. The van der Waals surface area contributed by atoms with Crippen LogP contribution >= 0.6 is 0 Å². The van der Waals surface area contributed by atoms with E-state index in [0.29, 0.717) is 0 Å². The Balaban J connectivity index is 2.64. The first-order valence-corrected chi connectivity index (χ1v) is 6.64. The van der Waals surface area contributed by atoms with Crippen molar-refractivity contribution in [3.05, 3.63) is 29.8 Å². The predicted molar refractivity (Wildman–Crippen MR) is 78.9 cm³/mol. The topological polar surface area (TPSA) is 69.6 Å². The molecular weight excluding hydrogens is 256 g/mol. The molecule has 1 aromatic carbocycles. The van der Waals surface area contributed by atoms with Crippen LogP contribution in [0, 0.1) is 18.8 Å². The number of carboxylic acids is 1. The molecule has 0 aromatic heterocycles. The standard InChI is InChI=1S/C15H22N2O3/c1-10(2)13(14(18)19)9-16-15(20)17(4)12-7-5-6-11(3)8-12/h5-8,10,13H,9H2,1-4H3,(H,16,20)(H,18,19). The molecule has 5 nitrogen and oxygen atoms in total. The van der Waals surface area contributed by atoms with Gasteiger partial charge in [-0.15, -0.1) is 0 Å². The molecule has 20 heavy (non-hydrogen) atoms. The van der Waals surface area contributed by atoms with Crippen LogP contribution in [-0.4, -0.2) is 30.7 Å². The maximum atomic E-state index is 12.0. The Morgan fingerprint density at radius 1 is 1.35 bits per heavy atom. The molecule has 110 valence electrons. The molecule has 5 heteroatoms. The number of carbonyl (C=O) groups is 2. The van der Waals surface area contributed by atoms with Crippen molar-refractivity contribution < 1.29 is 14.7 Å². The van der Waals surface area contributed by atoms with Crippen LogP contribution in [0.2, 0.25) is 0 Å². The largest absolute Gasteiger partial charge is 0.481 e. The molecule has 0 aliphatic heterocycles. The summed E-state index contributed by atoms with van der Waals surface area (Å²) in [6.07, 6.45) is 0. The molecule has 0 saturated carbocycles. The lowest BCUT2D eigenvalue weighted by molar-refractivity contribution is -0.142. The van der Waals surface area contributed by atoms with Crippen LogP contribution in [0.4, 0.5) is 10.5 Å². The van der Waals surface area contributed by atoms with E-state index < -0.39 is 11.9 Å². The summed E-state index contributed by atoms with van der Waals surface area (Å²) in [6, 6.07) is 7.26. The number of hydrogen-bond acceptors (Lipinski definition) is 2. The monoisotopic (exact) mass is 278 g/mol. The third-order valence-corrected chi connectivity index (χ3v) is 3.29. The van der Waals surface area contributed by atoms with Crippen molar-refractivity contribution in [2.24, 2.45) is 11.8 Å². The summed E-state index contributed by atoms with van der Waals surface area (Å²) < 4.78 is 0. The first-order chi connectivity index (χ1) is 9.32. The van der Waals surface area contributed by atoms with Crippen LogP contribution in [0.1, 0.15) is 19.4 Å². The minimum Gasteiger partial charge on any atom is -0.481 e. The summed E-state index contributed by atoms with van der Waals surface area (Å²) in [5.74, 6) is -1.50. The van der Waals surface area contributed by atoms with Gasteiger partial charge in [-0.05, 0) is 30.5 Å². The number of hydrogen-bond donors (Lipinski definition) is 2. The molecule has 0 saturated heterocycles. The Hall–Kier alpha value is -2.04. The van der Waals surface area contributed by atoms with Crippen LogP contribution < -0.4 is 10.2 Å². The lowest BCUT2D eigenvalue weighted by atomic mass is 9.96. The van der Waals surface area contributed by atoms with Crippen LogP contribution in [0.25, 0.3) is 0 Å². The third-order valence-electron chi connectivity index (χ3n) is 3.29. The molecule has 1 unspecified atom stereocenters. The van der Waals surface area contributed by atoms with Crippen molar-refractivity contribution in [2.75, 3.05) is 18.5 Å². The van der Waals surface area contributed by atoms with Gasteiger partial charge in [-0.25, -0.2) is 4.79 Å². The zero-order valence-corrected chi connectivity index (χ0v) is 12.4. The van der Waals surface area contributed by atoms with Crippen molar-refractivity contribution in [2.45, 2.75) is 20.8 Å². The Labute approximate surface area is 119 Å². The van der Waals surface area contributed by atoms with Crippen molar-refractivity contribution in [1.29, 1.82) is 0 Å². The molecule has 0 bridgehead atoms. The molecule has 0 aliphatic rings. The van der Waals surface area contributed by atoms with E-state index in [-0.39, 0.29) is 18.5 Å². The summed E-state index contributed by atoms with van der Waals surface area (Å²) >= 11 is 0. The molecule has 1 rings (SSSR count). The summed E-state index contributed by atoms with van der Waals surface area (Å²) in [5, 5.41) is 11.8. The molecule has 0 fully saturated rings. The van der Waals surface area contributed by atoms with E-state index in [1.807, 2.05) is 45.0 Å². The lowest BCUT2D eigenvalue weighted by Gasteiger charge is -2.21. The number of anilines is 1. The van der Waals surface area contributed by atoms with E-state index in [1.165, 1.54) is 4.90 Å². The second-order valence-electron chi connectivity index (χ2n) is 5.27. The highest BCUT2D eigenvalue weighted by atomic mass is 16.4. The normalized spacial score (nSPS) is 12.1. The molecule has 2 N–H and O–H groups in total. The Kier molecular flexibility index (Phi) is 5.55. The summed E-state index contributed by atoms with van der Waals surface area (Å²) in [5.41, 5.74) is 1.84. The second-order valence-corrected chi connectivity index (χ2v) is 5.27. The summed E-state index contributed by atoms with van der Waals surface area (Å²) in [7, 11) is 1.66. The number of rotatable bonds is 5. The highest BCUT2D eigenvalue weighted by Crippen LogP contribution is 2.15. The Bertz CT molecular complexity index is 486. The molecule has 0 aliphatic carbocycles. The van der Waals surface area contributed by atoms with Gasteiger partial charge in [0.15, 0.2) is 0 Å². The number of carboxylic acid groups (broad SMARTS) is 1. The fourth-order valence-corrected chi connectivity index (χ4v) is 1.88. The zero-order valence-electron chi connectivity index (χ0n) is 12.4. The van der Waals surface area contributed by atoms with E-state index in [4.69, 9.17) is 5.11 Å². The highest BCUT2D eigenvalue weighted by Gasteiger charge is 2.22. The van der Waals surface area contributed by atoms with Gasteiger partial charge in [0.05, 0.1) is 5.92 Å². The molecule has 0 spiro atoms. The molecular formula is C15H22N2O3. The van der Waals surface area contributed by atoms with Crippen molar-refractivity contribution >= 4 is 17.7 Å². The number of aliphatic carboxylic acids is 1. The van der Waals surface area contributed by atoms with Crippen molar-refractivity contribution in [3.63, 3.8) is 0 Å². The summed E-state index contributed by atoms with van der Waals surface area (Å²) in [4.78, 5) is 24.6. The van der Waals surface area contributed by atoms with Gasteiger partial charge in [0.2, 0.25) is 0 Å². The van der Waals surface area contributed by atoms with Gasteiger partial charge in [-0.3, -0.25) is 9.69 Å². The van der Waals surface area contributed by atoms with E-state index >= 15 is 0 Å². The average molecular weight is 278 g/mol. The molecule has 1 atom stereocenters. The Morgan fingerprint density at radius 2 is 2.00 bits per heavy atom. The van der Waals surface area contributed by atoms with Gasteiger partial charge >= 0.3 is 12.0 Å². The number of carbonyl (C=O) groups excluding carboxylic acids is 1. The number of aryl methyl sites for hydroxylation is 1. The lowest BCUT2D eigenvalue weighted by Crippen LogP contribution is -2.42. The fourth-order valence-electron chi connectivity index (χ4n) is 1.88. The van der Waals surface area contributed by atoms with Gasteiger partial charge in [-0.1, -0.05) is 26.0 Å². The number of urea groups is 1. The van der Waals surface area contributed by atoms with E-state index in [0.717, 1.165) is 11.3 Å². The second kappa shape index (κ2) is 6.93. The van der Waals surface area contributed by atoms with Gasteiger partial charge in [0.25, 0.3) is 0 Å². The number of nitrogens with zero attached hydrogens (tertiary/aromatic N) is 1. The molecule has 0 radical (unpaired) electrons. The quantitative estimate of drug-likeness (QED) is 0.869. The third kappa shape index (κ3) is 4.26. The van der Waals surface area contributed by atoms with Gasteiger partial charge in [-0.2, -0.15) is 0 Å². The highest BCUT2D eigenvalue weighted by molar-refractivity contribution is 5.91. The van der Waals surface area contributed by atoms with E-state index in [2.05, 4.69) is 5.32 Å². The molecule has 0 heterocycles. The maximum absolute atomic E-state index is 12.0. The van der Waals surface area contributed by atoms with E-state index in [9.17, 15) is 9.59 Å². The smallest absolute Gasteiger partial charge is 0.321 e. The maximum Gasteiger partial charge on any atom is 0.321 e. The van der Waals surface area contributed by atoms with Gasteiger partial charge in [0.1, 0.15) is 0 Å². The number of benzene rings is 1. The van der Waals surface area contributed by atoms with Gasteiger partial charge in [0, 0.05) is 19.3 Å². The van der Waals surface area contributed by atoms with Crippen molar-refractivity contribution in [3.8, 4) is 0 Å². The predicted octanol–water partition coefficient (Wildman–Crippen LogP) is 2.50. The Morgan fingerprint density at radius 3 is 2.50 bits per heavy atom. The van der Waals surface area contributed by atoms with E-state index in [1.54, 1.807) is 7.05 Å².